The third-order valence-corrected chi connectivity index (χ3v) is 5.79. The van der Waals surface area contributed by atoms with E-state index in [1.807, 2.05) is 30.5 Å². The number of carbonyl (C=O) groups is 3. The zero-order valence-corrected chi connectivity index (χ0v) is 20.1. The highest BCUT2D eigenvalue weighted by Crippen LogP contribution is 2.18. The van der Waals surface area contributed by atoms with Crippen molar-refractivity contribution in [3.05, 3.63) is 71.0 Å². The van der Waals surface area contributed by atoms with Gasteiger partial charge in [-0.05, 0) is 51.1 Å². The summed E-state index contributed by atoms with van der Waals surface area (Å²) in [5.74, 6) is -0.161. The number of benzene rings is 2. The number of aromatic nitrogens is 3. The standard InChI is InChI=1S/C24H27N5O4S/c1-4-29-20(14-25-22(31)17-11-9-16(3)10-12-17)27-28-24(29)34-15-21(30)26-19-8-6-7-18(13-19)23(32)33-5-2/h6-13H,4-5,14-15H2,1-3H3,(H,25,31)(H,26,30). The smallest absolute Gasteiger partial charge is 0.338 e. The Kier molecular flexibility index (Phi) is 8.80. The number of thioether (sulfide) groups is 1. The first kappa shape index (κ1) is 25.0. The summed E-state index contributed by atoms with van der Waals surface area (Å²) in [5.41, 5.74) is 2.54. The maximum atomic E-state index is 12.4. The number of anilines is 1. The highest BCUT2D eigenvalue weighted by molar-refractivity contribution is 7.99. The van der Waals surface area contributed by atoms with Gasteiger partial charge in [-0.1, -0.05) is 35.5 Å². The van der Waals surface area contributed by atoms with Gasteiger partial charge in [0.2, 0.25) is 5.91 Å². The van der Waals surface area contributed by atoms with Gasteiger partial charge in [-0.3, -0.25) is 9.59 Å². The van der Waals surface area contributed by atoms with Crippen LogP contribution in [-0.4, -0.2) is 44.9 Å². The largest absolute Gasteiger partial charge is 0.462 e. The van der Waals surface area contributed by atoms with E-state index in [2.05, 4.69) is 20.8 Å². The molecule has 2 aromatic carbocycles. The zero-order valence-electron chi connectivity index (χ0n) is 19.3. The van der Waals surface area contributed by atoms with Crippen LogP contribution in [0.3, 0.4) is 0 Å². The van der Waals surface area contributed by atoms with E-state index >= 15 is 0 Å². The number of nitrogens with zero attached hydrogens (tertiary/aromatic N) is 3. The van der Waals surface area contributed by atoms with Gasteiger partial charge >= 0.3 is 5.97 Å². The van der Waals surface area contributed by atoms with Crippen LogP contribution in [0.25, 0.3) is 0 Å². The van der Waals surface area contributed by atoms with E-state index in [0.717, 1.165) is 5.56 Å². The number of carbonyl (C=O) groups excluding carboxylic acids is 3. The maximum Gasteiger partial charge on any atom is 0.338 e. The number of hydrogen-bond donors (Lipinski definition) is 2. The summed E-state index contributed by atoms with van der Waals surface area (Å²) in [6.07, 6.45) is 0. The third-order valence-electron chi connectivity index (χ3n) is 4.82. The molecule has 10 heteroatoms. The van der Waals surface area contributed by atoms with Gasteiger partial charge in [0.15, 0.2) is 11.0 Å². The third kappa shape index (κ3) is 6.67. The number of rotatable bonds is 10. The molecule has 178 valence electrons. The van der Waals surface area contributed by atoms with Crippen molar-refractivity contribution in [2.45, 2.75) is 39.0 Å². The normalized spacial score (nSPS) is 10.6. The van der Waals surface area contributed by atoms with Crippen LogP contribution in [0.2, 0.25) is 0 Å². The summed E-state index contributed by atoms with van der Waals surface area (Å²) in [7, 11) is 0. The average molecular weight is 482 g/mol. The first-order valence-electron chi connectivity index (χ1n) is 10.9. The molecule has 0 aliphatic rings. The van der Waals surface area contributed by atoms with Crippen LogP contribution in [0.1, 0.15) is 46.0 Å². The topological polar surface area (TPSA) is 115 Å². The van der Waals surface area contributed by atoms with Gasteiger partial charge in [0.1, 0.15) is 0 Å². The van der Waals surface area contributed by atoms with Crippen molar-refractivity contribution in [1.29, 1.82) is 0 Å². The number of hydrogen-bond acceptors (Lipinski definition) is 7. The minimum absolute atomic E-state index is 0.109. The molecule has 0 radical (unpaired) electrons. The Morgan fingerprint density at radius 3 is 2.50 bits per heavy atom. The molecular formula is C24H27N5O4S. The van der Waals surface area contributed by atoms with E-state index < -0.39 is 5.97 Å². The SMILES string of the molecule is CCOC(=O)c1cccc(NC(=O)CSc2nnc(CNC(=O)c3ccc(C)cc3)n2CC)c1. The second kappa shape index (κ2) is 12.0. The lowest BCUT2D eigenvalue weighted by Crippen LogP contribution is -2.24. The molecule has 0 aliphatic carbocycles. The van der Waals surface area contributed by atoms with Gasteiger partial charge in [-0.15, -0.1) is 10.2 Å². The molecule has 3 aromatic rings. The predicted octanol–water partition coefficient (Wildman–Crippen LogP) is 3.44. The van der Waals surface area contributed by atoms with E-state index in [1.54, 1.807) is 43.3 Å². The van der Waals surface area contributed by atoms with Crippen molar-refractivity contribution >= 4 is 35.2 Å². The molecule has 1 aromatic heterocycles. The summed E-state index contributed by atoms with van der Waals surface area (Å²) in [6.45, 7) is 6.74. The fraction of sp³-hybridized carbons (Fsp3) is 0.292. The van der Waals surface area contributed by atoms with Crippen LogP contribution in [0.15, 0.2) is 53.7 Å². The summed E-state index contributed by atoms with van der Waals surface area (Å²) in [5, 5.41) is 14.6. The second-order valence-corrected chi connectivity index (χ2v) is 8.27. The van der Waals surface area contributed by atoms with Crippen LogP contribution in [0.5, 0.6) is 0 Å². The van der Waals surface area contributed by atoms with Gasteiger partial charge in [0.05, 0.1) is 24.5 Å². The minimum Gasteiger partial charge on any atom is -0.462 e. The first-order chi connectivity index (χ1) is 16.4. The lowest BCUT2D eigenvalue weighted by molar-refractivity contribution is -0.113. The quantitative estimate of drug-likeness (QED) is 0.337. The van der Waals surface area contributed by atoms with Crippen molar-refractivity contribution in [1.82, 2.24) is 20.1 Å². The van der Waals surface area contributed by atoms with Gasteiger partial charge in [0.25, 0.3) is 5.91 Å². The molecule has 9 nitrogen and oxygen atoms in total. The van der Waals surface area contributed by atoms with Gasteiger partial charge in [0, 0.05) is 17.8 Å². The van der Waals surface area contributed by atoms with Crippen LogP contribution >= 0.6 is 11.8 Å². The van der Waals surface area contributed by atoms with E-state index in [0.29, 0.717) is 34.3 Å². The number of aryl methyl sites for hydroxylation is 1. The van der Waals surface area contributed by atoms with E-state index in [-0.39, 0.29) is 30.7 Å². The minimum atomic E-state index is -0.439. The predicted molar refractivity (Wildman–Crippen MR) is 130 cm³/mol. The molecule has 34 heavy (non-hydrogen) atoms. The van der Waals surface area contributed by atoms with Crippen LogP contribution in [0.4, 0.5) is 5.69 Å². The molecule has 0 saturated carbocycles. The Labute approximate surface area is 202 Å². The number of ether oxygens (including phenoxy) is 1. The molecule has 0 fully saturated rings. The summed E-state index contributed by atoms with van der Waals surface area (Å²) in [6, 6.07) is 13.9. The molecule has 2 amide bonds. The van der Waals surface area contributed by atoms with Gasteiger partial charge < -0.3 is 19.9 Å². The Bertz CT molecular complexity index is 1160. The van der Waals surface area contributed by atoms with Crippen molar-refractivity contribution in [2.24, 2.45) is 0 Å². The Balaban J connectivity index is 1.55. The Hall–Kier alpha value is -3.66. The summed E-state index contributed by atoms with van der Waals surface area (Å²) < 4.78 is 6.84. The lowest BCUT2D eigenvalue weighted by atomic mass is 10.1. The number of amides is 2. The first-order valence-corrected chi connectivity index (χ1v) is 11.9. The van der Waals surface area contributed by atoms with E-state index in [9.17, 15) is 14.4 Å². The van der Waals surface area contributed by atoms with Crippen LogP contribution < -0.4 is 10.6 Å². The average Bonchev–Trinajstić information content (AvgIpc) is 3.23. The monoisotopic (exact) mass is 481 g/mol. The molecule has 1 heterocycles. The molecule has 0 atom stereocenters. The van der Waals surface area contributed by atoms with Crippen molar-refractivity contribution < 1.29 is 19.1 Å². The molecule has 2 N–H and O–H groups in total. The maximum absolute atomic E-state index is 12.4. The molecule has 0 unspecified atom stereocenters. The van der Waals surface area contributed by atoms with Crippen molar-refractivity contribution in [2.75, 3.05) is 17.7 Å². The fourth-order valence-electron chi connectivity index (χ4n) is 3.11. The number of nitrogens with one attached hydrogen (secondary N) is 2. The molecule has 0 aliphatic heterocycles. The Morgan fingerprint density at radius 2 is 1.79 bits per heavy atom. The van der Waals surface area contributed by atoms with E-state index in [1.165, 1.54) is 11.8 Å². The summed E-state index contributed by atoms with van der Waals surface area (Å²) in [4.78, 5) is 36.7. The Morgan fingerprint density at radius 1 is 1.03 bits per heavy atom. The van der Waals surface area contributed by atoms with Gasteiger partial charge in [-0.2, -0.15) is 0 Å². The molecular weight excluding hydrogens is 454 g/mol. The molecule has 0 spiro atoms. The van der Waals surface area contributed by atoms with Crippen LogP contribution in [-0.2, 0) is 22.6 Å². The van der Waals surface area contributed by atoms with Crippen molar-refractivity contribution in [3.8, 4) is 0 Å². The second-order valence-electron chi connectivity index (χ2n) is 7.33. The van der Waals surface area contributed by atoms with Gasteiger partial charge in [-0.25, -0.2) is 4.79 Å². The molecule has 0 saturated heterocycles. The zero-order chi connectivity index (χ0) is 24.5. The molecule has 3 rings (SSSR count). The highest BCUT2D eigenvalue weighted by atomic mass is 32.2. The van der Waals surface area contributed by atoms with E-state index in [4.69, 9.17) is 4.74 Å². The van der Waals surface area contributed by atoms with Crippen LogP contribution in [0, 0.1) is 6.92 Å². The fourth-order valence-corrected chi connectivity index (χ4v) is 3.93. The molecule has 0 bridgehead atoms. The van der Waals surface area contributed by atoms with Crippen molar-refractivity contribution in [3.63, 3.8) is 0 Å². The number of esters is 1. The highest BCUT2D eigenvalue weighted by Gasteiger charge is 2.15. The lowest BCUT2D eigenvalue weighted by Gasteiger charge is -2.09. The summed E-state index contributed by atoms with van der Waals surface area (Å²) >= 11 is 1.24.